The second-order valence-electron chi connectivity index (χ2n) is 5.33. The Labute approximate surface area is 140 Å². The number of carbonyl (C=O) groups is 1. The Morgan fingerprint density at radius 3 is 2.29 bits per heavy atom. The highest BCUT2D eigenvalue weighted by molar-refractivity contribution is 5.74. The van der Waals surface area contributed by atoms with E-state index in [9.17, 15) is 10.1 Å². The molecule has 0 heterocycles. The molecule has 3 aromatic carbocycles. The fourth-order valence-corrected chi connectivity index (χ4v) is 2.42. The topological polar surface area (TPSA) is 50.1 Å². The summed E-state index contributed by atoms with van der Waals surface area (Å²) in [5.74, 6) is 0.722. The Hall–Kier alpha value is -3.38. The van der Waals surface area contributed by atoms with Crippen LogP contribution in [0.2, 0.25) is 0 Å². The zero-order valence-corrected chi connectivity index (χ0v) is 13.0. The smallest absolute Gasteiger partial charge is 0.150 e. The number of nitrogens with zero attached hydrogens (tertiary/aromatic N) is 1. The van der Waals surface area contributed by atoms with Crippen LogP contribution in [0.3, 0.4) is 0 Å². The molecule has 0 bridgehead atoms. The quantitative estimate of drug-likeness (QED) is 0.646. The Kier molecular flexibility index (Phi) is 4.69. The Morgan fingerprint density at radius 2 is 1.62 bits per heavy atom. The molecule has 0 aliphatic rings. The van der Waals surface area contributed by atoms with Crippen LogP contribution in [0, 0.1) is 11.3 Å². The molecule has 0 saturated carbocycles. The molecule has 0 amide bonds. The van der Waals surface area contributed by atoms with E-state index in [4.69, 9.17) is 4.74 Å². The van der Waals surface area contributed by atoms with Crippen molar-refractivity contribution in [3.05, 3.63) is 89.5 Å². The second-order valence-corrected chi connectivity index (χ2v) is 5.33. The van der Waals surface area contributed by atoms with Gasteiger partial charge in [0.25, 0.3) is 0 Å². The predicted molar refractivity (Wildman–Crippen MR) is 92.8 cm³/mol. The Balaban J connectivity index is 1.70. The van der Waals surface area contributed by atoms with Crippen molar-refractivity contribution < 1.29 is 9.53 Å². The maximum Gasteiger partial charge on any atom is 0.150 e. The third kappa shape index (κ3) is 3.50. The van der Waals surface area contributed by atoms with Gasteiger partial charge in [-0.15, -0.1) is 0 Å². The largest absolute Gasteiger partial charge is 0.489 e. The number of aldehydes is 1. The summed E-state index contributed by atoms with van der Waals surface area (Å²) in [7, 11) is 0. The molecular weight excluding hydrogens is 298 g/mol. The first-order valence-electron chi connectivity index (χ1n) is 7.56. The molecule has 0 N–H and O–H groups in total. The predicted octanol–water partition coefficient (Wildman–Crippen LogP) is 4.62. The van der Waals surface area contributed by atoms with Gasteiger partial charge in [-0.2, -0.15) is 5.26 Å². The number of carbonyl (C=O) groups excluding carboxylic acids is 1. The van der Waals surface area contributed by atoms with E-state index in [0.29, 0.717) is 17.7 Å². The van der Waals surface area contributed by atoms with Crippen LogP contribution < -0.4 is 4.74 Å². The SMILES string of the molecule is N#Cc1ccccc1-c1ccc(COc2ccc(C=O)cc2)cc1. The van der Waals surface area contributed by atoms with Gasteiger partial charge in [0.1, 0.15) is 18.6 Å². The van der Waals surface area contributed by atoms with Gasteiger partial charge in [-0.05, 0) is 47.0 Å². The third-order valence-corrected chi connectivity index (χ3v) is 3.73. The third-order valence-electron chi connectivity index (χ3n) is 3.73. The van der Waals surface area contributed by atoms with Crippen LogP contribution in [0.15, 0.2) is 72.8 Å². The second kappa shape index (κ2) is 7.26. The maximum absolute atomic E-state index is 10.6. The summed E-state index contributed by atoms with van der Waals surface area (Å²) >= 11 is 0. The average Bonchev–Trinajstić information content (AvgIpc) is 2.67. The molecule has 0 radical (unpaired) electrons. The summed E-state index contributed by atoms with van der Waals surface area (Å²) in [4.78, 5) is 10.6. The van der Waals surface area contributed by atoms with Crippen molar-refractivity contribution in [2.75, 3.05) is 0 Å². The van der Waals surface area contributed by atoms with Gasteiger partial charge >= 0.3 is 0 Å². The van der Waals surface area contributed by atoms with Crippen LogP contribution in [-0.4, -0.2) is 6.29 Å². The van der Waals surface area contributed by atoms with Crippen molar-refractivity contribution in [1.29, 1.82) is 5.26 Å². The summed E-state index contributed by atoms with van der Waals surface area (Å²) in [5, 5.41) is 9.19. The molecule has 116 valence electrons. The minimum atomic E-state index is 0.445. The van der Waals surface area contributed by atoms with Crippen molar-refractivity contribution in [1.82, 2.24) is 0 Å². The fraction of sp³-hybridized carbons (Fsp3) is 0.0476. The Morgan fingerprint density at radius 1 is 0.917 bits per heavy atom. The van der Waals surface area contributed by atoms with E-state index in [1.165, 1.54) is 0 Å². The van der Waals surface area contributed by atoms with Crippen LogP contribution in [0.4, 0.5) is 0 Å². The van der Waals surface area contributed by atoms with Gasteiger partial charge in [-0.1, -0.05) is 42.5 Å². The first kappa shape index (κ1) is 15.5. The summed E-state index contributed by atoms with van der Waals surface area (Å²) in [6, 6.07) is 24.7. The summed E-state index contributed by atoms with van der Waals surface area (Å²) in [6.45, 7) is 0.445. The molecule has 3 heteroatoms. The molecule has 0 atom stereocenters. The zero-order chi connectivity index (χ0) is 16.8. The first-order chi connectivity index (χ1) is 11.8. The van der Waals surface area contributed by atoms with Crippen molar-refractivity contribution >= 4 is 6.29 Å². The normalized spacial score (nSPS) is 9.96. The lowest BCUT2D eigenvalue weighted by Crippen LogP contribution is -1.95. The molecule has 3 nitrogen and oxygen atoms in total. The minimum absolute atomic E-state index is 0.445. The van der Waals surface area contributed by atoms with Gasteiger partial charge in [-0.25, -0.2) is 0 Å². The van der Waals surface area contributed by atoms with Crippen LogP contribution in [0.5, 0.6) is 5.75 Å². The van der Waals surface area contributed by atoms with E-state index in [2.05, 4.69) is 6.07 Å². The molecule has 24 heavy (non-hydrogen) atoms. The molecule has 0 aliphatic heterocycles. The Bertz CT molecular complexity index is 875. The van der Waals surface area contributed by atoms with Gasteiger partial charge in [0.15, 0.2) is 0 Å². The number of nitriles is 1. The van der Waals surface area contributed by atoms with Gasteiger partial charge < -0.3 is 4.74 Å². The van der Waals surface area contributed by atoms with Crippen molar-refractivity contribution in [2.45, 2.75) is 6.61 Å². The minimum Gasteiger partial charge on any atom is -0.489 e. The van der Waals surface area contributed by atoms with Crippen molar-refractivity contribution in [2.24, 2.45) is 0 Å². The van der Waals surface area contributed by atoms with Crippen LogP contribution in [0.25, 0.3) is 11.1 Å². The zero-order valence-electron chi connectivity index (χ0n) is 13.0. The monoisotopic (exact) mass is 313 g/mol. The number of hydrogen-bond donors (Lipinski definition) is 0. The fourth-order valence-electron chi connectivity index (χ4n) is 2.42. The number of hydrogen-bond acceptors (Lipinski definition) is 3. The lowest BCUT2D eigenvalue weighted by molar-refractivity contribution is 0.112. The van der Waals surface area contributed by atoms with Crippen LogP contribution in [-0.2, 0) is 6.61 Å². The lowest BCUT2D eigenvalue weighted by Gasteiger charge is -2.08. The highest BCUT2D eigenvalue weighted by atomic mass is 16.5. The number of benzene rings is 3. The maximum atomic E-state index is 10.6. The van der Waals surface area contributed by atoms with E-state index < -0.39 is 0 Å². The van der Waals surface area contributed by atoms with Crippen LogP contribution >= 0.6 is 0 Å². The van der Waals surface area contributed by atoms with E-state index in [0.717, 1.165) is 28.7 Å². The molecule has 3 rings (SSSR count). The van der Waals surface area contributed by atoms with Crippen molar-refractivity contribution in [3.63, 3.8) is 0 Å². The molecule has 0 fully saturated rings. The van der Waals surface area contributed by atoms with Gasteiger partial charge in [0.05, 0.1) is 11.6 Å². The van der Waals surface area contributed by atoms with E-state index in [1.807, 2.05) is 48.5 Å². The molecule has 0 saturated heterocycles. The number of ether oxygens (including phenoxy) is 1. The van der Waals surface area contributed by atoms with Crippen molar-refractivity contribution in [3.8, 4) is 22.9 Å². The highest BCUT2D eigenvalue weighted by Gasteiger charge is 2.04. The highest BCUT2D eigenvalue weighted by Crippen LogP contribution is 2.24. The first-order valence-corrected chi connectivity index (χ1v) is 7.56. The molecular formula is C21H15NO2. The van der Waals surface area contributed by atoms with E-state index in [1.54, 1.807) is 24.3 Å². The van der Waals surface area contributed by atoms with E-state index in [-0.39, 0.29) is 0 Å². The van der Waals surface area contributed by atoms with Gasteiger partial charge in [0.2, 0.25) is 0 Å². The molecule has 0 aromatic heterocycles. The average molecular weight is 313 g/mol. The van der Waals surface area contributed by atoms with Gasteiger partial charge in [-0.3, -0.25) is 4.79 Å². The number of rotatable bonds is 5. The molecule has 3 aromatic rings. The van der Waals surface area contributed by atoms with E-state index >= 15 is 0 Å². The summed E-state index contributed by atoms with van der Waals surface area (Å²) in [5.41, 5.74) is 4.26. The summed E-state index contributed by atoms with van der Waals surface area (Å²) in [6.07, 6.45) is 0.807. The standard InChI is InChI=1S/C21H15NO2/c22-13-19-3-1-2-4-21(19)18-9-5-17(6-10-18)15-24-20-11-7-16(14-23)8-12-20/h1-12,14H,15H2. The summed E-state index contributed by atoms with van der Waals surface area (Å²) < 4.78 is 5.71. The lowest BCUT2D eigenvalue weighted by atomic mass is 9.99. The van der Waals surface area contributed by atoms with Crippen LogP contribution in [0.1, 0.15) is 21.5 Å². The molecule has 0 aliphatic carbocycles. The van der Waals surface area contributed by atoms with Gasteiger partial charge in [0, 0.05) is 5.56 Å². The molecule has 0 unspecified atom stereocenters. The molecule has 0 spiro atoms.